The molecule has 0 bridgehead atoms. The Morgan fingerprint density at radius 2 is 2.07 bits per heavy atom. The second kappa shape index (κ2) is 8.97. The molecule has 84 valence electrons. The van der Waals surface area contributed by atoms with Crippen LogP contribution >= 0.6 is 0 Å². The average Bonchev–Trinajstić information content (AvgIpc) is 2.21. The normalized spacial score (nSPS) is 10.6. The van der Waals surface area contributed by atoms with Gasteiger partial charge in [0.2, 0.25) is 5.91 Å². The van der Waals surface area contributed by atoms with Gasteiger partial charge in [-0.1, -0.05) is 6.92 Å². The predicted molar refractivity (Wildman–Crippen MR) is 59.1 cm³/mol. The fourth-order valence-corrected chi connectivity index (χ4v) is 1.35. The third-order valence-corrected chi connectivity index (χ3v) is 2.15. The van der Waals surface area contributed by atoms with Crippen LogP contribution in [0.5, 0.6) is 0 Å². The first-order valence-electron chi connectivity index (χ1n) is 5.37. The van der Waals surface area contributed by atoms with Crippen molar-refractivity contribution >= 4 is 5.91 Å². The van der Waals surface area contributed by atoms with Gasteiger partial charge in [0.25, 0.3) is 0 Å². The molecular weight excluding hydrogens is 178 g/mol. The fourth-order valence-electron chi connectivity index (χ4n) is 1.35. The lowest BCUT2D eigenvalue weighted by molar-refractivity contribution is -0.120. The van der Waals surface area contributed by atoms with Crippen LogP contribution in [0.1, 0.15) is 26.2 Å². The van der Waals surface area contributed by atoms with E-state index in [1.807, 2.05) is 0 Å². The maximum absolute atomic E-state index is 11.0. The molecule has 0 aromatic carbocycles. The Morgan fingerprint density at radius 3 is 2.57 bits per heavy atom. The molecule has 0 aromatic rings. The minimum atomic E-state index is 0.110. The number of nitrogens with one attached hydrogen (secondary N) is 1. The molecule has 0 radical (unpaired) electrons. The van der Waals surface area contributed by atoms with Crippen molar-refractivity contribution in [3.63, 3.8) is 0 Å². The van der Waals surface area contributed by atoms with Crippen LogP contribution in [-0.4, -0.2) is 44.0 Å². The molecule has 0 saturated heterocycles. The van der Waals surface area contributed by atoms with E-state index in [1.165, 1.54) is 0 Å². The van der Waals surface area contributed by atoms with Crippen LogP contribution in [0.25, 0.3) is 0 Å². The summed E-state index contributed by atoms with van der Waals surface area (Å²) in [5, 5.41) is 2.63. The number of amides is 1. The molecule has 4 nitrogen and oxygen atoms in total. The predicted octanol–water partition coefficient (Wildman–Crippen LogP) is 0.183. The van der Waals surface area contributed by atoms with Crippen LogP contribution in [-0.2, 0) is 4.79 Å². The Hall–Kier alpha value is -0.610. The molecule has 0 rings (SSSR count). The monoisotopic (exact) mass is 201 g/mol. The van der Waals surface area contributed by atoms with Crippen LogP contribution in [0, 0.1) is 0 Å². The largest absolute Gasteiger partial charge is 0.359 e. The number of carbonyl (C=O) groups is 1. The molecule has 0 atom stereocenters. The van der Waals surface area contributed by atoms with E-state index < -0.39 is 0 Å². The molecule has 0 unspecified atom stereocenters. The molecule has 0 aliphatic heterocycles. The molecule has 0 aromatic heterocycles. The lowest BCUT2D eigenvalue weighted by Gasteiger charge is -2.20. The molecule has 0 spiro atoms. The Balaban J connectivity index is 3.66. The van der Waals surface area contributed by atoms with Crippen molar-refractivity contribution in [2.24, 2.45) is 5.73 Å². The molecule has 0 aliphatic rings. The Labute approximate surface area is 86.8 Å². The summed E-state index contributed by atoms with van der Waals surface area (Å²) in [6.45, 7) is 5.77. The van der Waals surface area contributed by atoms with Crippen LogP contribution in [0.4, 0.5) is 0 Å². The fraction of sp³-hybridized carbons (Fsp3) is 0.900. The molecule has 4 heteroatoms. The van der Waals surface area contributed by atoms with Crippen LogP contribution in [0.2, 0.25) is 0 Å². The summed E-state index contributed by atoms with van der Waals surface area (Å²) in [6, 6.07) is 0. The third-order valence-electron chi connectivity index (χ3n) is 2.15. The summed E-state index contributed by atoms with van der Waals surface area (Å²) in [7, 11) is 1.67. The maximum atomic E-state index is 11.0. The lowest BCUT2D eigenvalue weighted by Crippen LogP contribution is -2.31. The highest BCUT2D eigenvalue weighted by Gasteiger charge is 2.05. The summed E-state index contributed by atoms with van der Waals surface area (Å²) in [5.74, 6) is 0.110. The van der Waals surface area contributed by atoms with Gasteiger partial charge in [-0.25, -0.2) is 0 Å². The topological polar surface area (TPSA) is 58.4 Å². The number of rotatable bonds is 8. The molecule has 1 amide bonds. The lowest BCUT2D eigenvalue weighted by atomic mass is 10.3. The van der Waals surface area contributed by atoms with Gasteiger partial charge in [0.15, 0.2) is 0 Å². The molecule has 0 fully saturated rings. The van der Waals surface area contributed by atoms with Crippen molar-refractivity contribution in [2.45, 2.75) is 26.2 Å². The Morgan fingerprint density at radius 1 is 1.36 bits per heavy atom. The van der Waals surface area contributed by atoms with Crippen molar-refractivity contribution in [2.75, 3.05) is 33.2 Å². The van der Waals surface area contributed by atoms with E-state index in [4.69, 9.17) is 5.73 Å². The van der Waals surface area contributed by atoms with Gasteiger partial charge in [-0.15, -0.1) is 0 Å². The Bertz CT molecular complexity index is 150. The third kappa shape index (κ3) is 6.86. The standard InChI is InChI=1S/C10H23N3O/c1-3-7-13(8-4-6-11)9-5-10(14)12-2/h3-9,11H2,1-2H3,(H,12,14). The van der Waals surface area contributed by atoms with E-state index in [0.717, 1.165) is 39.0 Å². The zero-order chi connectivity index (χ0) is 10.8. The smallest absolute Gasteiger partial charge is 0.221 e. The molecular formula is C10H23N3O. The summed E-state index contributed by atoms with van der Waals surface area (Å²) in [4.78, 5) is 13.3. The van der Waals surface area contributed by atoms with E-state index in [1.54, 1.807) is 7.05 Å². The summed E-state index contributed by atoms with van der Waals surface area (Å²) < 4.78 is 0. The molecule has 0 heterocycles. The first kappa shape index (κ1) is 13.4. The minimum absolute atomic E-state index is 0.110. The second-order valence-corrected chi connectivity index (χ2v) is 3.41. The van der Waals surface area contributed by atoms with Crippen LogP contribution in [0.3, 0.4) is 0 Å². The first-order chi connectivity index (χ1) is 6.74. The van der Waals surface area contributed by atoms with Gasteiger partial charge >= 0.3 is 0 Å². The SMILES string of the molecule is CCCN(CCCN)CCC(=O)NC. The van der Waals surface area contributed by atoms with Crippen molar-refractivity contribution in [3.05, 3.63) is 0 Å². The van der Waals surface area contributed by atoms with Crippen LogP contribution in [0.15, 0.2) is 0 Å². The molecule has 14 heavy (non-hydrogen) atoms. The second-order valence-electron chi connectivity index (χ2n) is 3.41. The number of nitrogens with zero attached hydrogens (tertiary/aromatic N) is 1. The quantitative estimate of drug-likeness (QED) is 0.589. The average molecular weight is 201 g/mol. The molecule has 3 N–H and O–H groups in total. The number of hydrogen-bond acceptors (Lipinski definition) is 3. The van der Waals surface area contributed by atoms with E-state index in [2.05, 4.69) is 17.1 Å². The summed E-state index contributed by atoms with van der Waals surface area (Å²) >= 11 is 0. The van der Waals surface area contributed by atoms with E-state index in [-0.39, 0.29) is 5.91 Å². The zero-order valence-electron chi connectivity index (χ0n) is 9.38. The highest BCUT2D eigenvalue weighted by Crippen LogP contribution is 1.95. The Kier molecular flexibility index (Phi) is 8.57. The van der Waals surface area contributed by atoms with Gasteiger partial charge in [-0.05, 0) is 32.5 Å². The van der Waals surface area contributed by atoms with Crippen molar-refractivity contribution in [1.29, 1.82) is 0 Å². The summed E-state index contributed by atoms with van der Waals surface area (Å²) in [6.07, 6.45) is 2.72. The minimum Gasteiger partial charge on any atom is -0.359 e. The van der Waals surface area contributed by atoms with Crippen LogP contribution < -0.4 is 11.1 Å². The van der Waals surface area contributed by atoms with E-state index in [0.29, 0.717) is 6.42 Å². The number of carbonyl (C=O) groups excluding carboxylic acids is 1. The van der Waals surface area contributed by atoms with Gasteiger partial charge in [0.1, 0.15) is 0 Å². The van der Waals surface area contributed by atoms with Crippen molar-refractivity contribution in [1.82, 2.24) is 10.2 Å². The number of hydrogen-bond donors (Lipinski definition) is 2. The molecule has 0 aliphatic carbocycles. The van der Waals surface area contributed by atoms with Gasteiger partial charge in [-0.3, -0.25) is 4.79 Å². The van der Waals surface area contributed by atoms with Gasteiger partial charge in [0, 0.05) is 20.0 Å². The van der Waals surface area contributed by atoms with E-state index in [9.17, 15) is 4.79 Å². The zero-order valence-corrected chi connectivity index (χ0v) is 9.38. The highest BCUT2D eigenvalue weighted by atomic mass is 16.1. The van der Waals surface area contributed by atoms with Gasteiger partial charge in [-0.2, -0.15) is 0 Å². The van der Waals surface area contributed by atoms with Gasteiger partial charge in [0.05, 0.1) is 0 Å². The first-order valence-corrected chi connectivity index (χ1v) is 5.37. The van der Waals surface area contributed by atoms with E-state index >= 15 is 0 Å². The number of nitrogens with two attached hydrogens (primary N) is 1. The van der Waals surface area contributed by atoms with Crippen molar-refractivity contribution in [3.8, 4) is 0 Å². The maximum Gasteiger partial charge on any atom is 0.221 e. The molecule has 0 saturated carbocycles. The highest BCUT2D eigenvalue weighted by molar-refractivity contribution is 5.75. The van der Waals surface area contributed by atoms with Crippen molar-refractivity contribution < 1.29 is 4.79 Å². The van der Waals surface area contributed by atoms with Gasteiger partial charge < -0.3 is 16.0 Å². The summed E-state index contributed by atoms with van der Waals surface area (Å²) in [5.41, 5.74) is 5.45.